The zero-order valence-corrected chi connectivity index (χ0v) is 45.2. The number of unbranched alkanes of at least 4 members (excludes halogenated alkanes) is 21. The van der Waals surface area contributed by atoms with Crippen LogP contribution < -0.4 is 0 Å². The third kappa shape index (κ3) is 56.6. The third-order valence-corrected chi connectivity index (χ3v) is 11.9. The number of carbonyl (C=O) groups excluding carboxylic acids is 2. The van der Waals surface area contributed by atoms with Gasteiger partial charge in [-0.2, -0.15) is 0 Å². The number of carbonyl (C=O) groups is 2. The van der Waals surface area contributed by atoms with Gasteiger partial charge >= 0.3 is 11.9 Å². The topological polar surface area (TPSA) is 72.8 Å². The third-order valence-electron chi connectivity index (χ3n) is 11.9. The van der Waals surface area contributed by atoms with Crippen molar-refractivity contribution in [1.82, 2.24) is 0 Å². The summed E-state index contributed by atoms with van der Waals surface area (Å²) in [5.74, 6) is -0.607. The van der Waals surface area contributed by atoms with Gasteiger partial charge in [0.2, 0.25) is 0 Å². The molecule has 0 fully saturated rings. The molecule has 0 rings (SSSR count). The molecule has 396 valence electrons. The van der Waals surface area contributed by atoms with Crippen LogP contribution in [-0.2, 0) is 19.1 Å². The van der Waals surface area contributed by atoms with Gasteiger partial charge in [0.05, 0.1) is 6.61 Å². The predicted molar refractivity (Wildman–Crippen MR) is 306 cm³/mol. The van der Waals surface area contributed by atoms with Crippen molar-refractivity contribution < 1.29 is 24.2 Å². The van der Waals surface area contributed by atoms with Crippen LogP contribution in [0.15, 0.2) is 134 Å². The molecule has 1 atom stereocenters. The number of hydrogen-bond acceptors (Lipinski definition) is 5. The highest BCUT2D eigenvalue weighted by Crippen LogP contribution is 2.14. The second-order valence-electron chi connectivity index (χ2n) is 18.6. The monoisotopic (exact) mass is 967 g/mol. The van der Waals surface area contributed by atoms with Gasteiger partial charge in [-0.05, 0) is 116 Å². The number of hydrogen-bond donors (Lipinski definition) is 1. The van der Waals surface area contributed by atoms with Gasteiger partial charge in [0.1, 0.15) is 6.61 Å². The number of esters is 2. The lowest BCUT2D eigenvalue weighted by Gasteiger charge is -2.15. The first-order valence-corrected chi connectivity index (χ1v) is 28.7. The Labute approximate surface area is 432 Å². The summed E-state index contributed by atoms with van der Waals surface area (Å²) in [4.78, 5) is 24.5. The van der Waals surface area contributed by atoms with Crippen molar-refractivity contribution >= 4 is 11.9 Å². The van der Waals surface area contributed by atoms with Gasteiger partial charge in [-0.3, -0.25) is 9.59 Å². The van der Waals surface area contributed by atoms with E-state index in [9.17, 15) is 14.7 Å². The van der Waals surface area contributed by atoms with Crippen molar-refractivity contribution in [3.63, 3.8) is 0 Å². The molecule has 1 unspecified atom stereocenters. The quantitative estimate of drug-likeness (QED) is 0.0374. The maximum absolute atomic E-state index is 12.3. The number of aliphatic hydroxyl groups is 1. The summed E-state index contributed by atoms with van der Waals surface area (Å²) in [6.07, 6.45) is 88.5. The van der Waals surface area contributed by atoms with Gasteiger partial charge < -0.3 is 14.6 Å². The van der Waals surface area contributed by atoms with Crippen LogP contribution in [0.3, 0.4) is 0 Å². The van der Waals surface area contributed by atoms with Crippen molar-refractivity contribution in [1.29, 1.82) is 0 Å². The molecule has 0 aliphatic carbocycles. The molecule has 0 aromatic rings. The van der Waals surface area contributed by atoms with E-state index in [0.717, 1.165) is 109 Å². The minimum absolute atomic E-state index is 0.0770. The Hall–Kier alpha value is -3.96. The normalized spacial score (nSPS) is 13.2. The van der Waals surface area contributed by atoms with Crippen LogP contribution >= 0.6 is 0 Å². The fourth-order valence-corrected chi connectivity index (χ4v) is 7.64. The number of allylic oxidation sites excluding steroid dienone is 22. The Bertz CT molecular complexity index is 1470. The zero-order chi connectivity index (χ0) is 50.6. The van der Waals surface area contributed by atoms with E-state index < -0.39 is 6.10 Å². The van der Waals surface area contributed by atoms with Gasteiger partial charge in [-0.1, -0.05) is 250 Å². The molecule has 0 bridgehead atoms. The summed E-state index contributed by atoms with van der Waals surface area (Å²) in [5, 5.41) is 9.64. The molecule has 0 radical (unpaired) electrons. The van der Waals surface area contributed by atoms with E-state index in [4.69, 9.17) is 9.47 Å². The first-order valence-electron chi connectivity index (χ1n) is 28.7. The first kappa shape index (κ1) is 66.0. The van der Waals surface area contributed by atoms with Crippen LogP contribution in [0.1, 0.15) is 245 Å². The van der Waals surface area contributed by atoms with E-state index in [1.807, 2.05) is 0 Å². The summed E-state index contributed by atoms with van der Waals surface area (Å²) < 4.78 is 10.7. The van der Waals surface area contributed by atoms with E-state index in [2.05, 4.69) is 148 Å². The van der Waals surface area contributed by atoms with Crippen LogP contribution in [0, 0.1) is 0 Å². The molecule has 0 aromatic heterocycles. The molecule has 0 heterocycles. The molecule has 5 nitrogen and oxygen atoms in total. The lowest BCUT2D eigenvalue weighted by molar-refractivity contribution is -0.161. The van der Waals surface area contributed by atoms with Crippen molar-refractivity contribution in [2.75, 3.05) is 13.2 Å². The summed E-state index contributed by atoms with van der Waals surface area (Å²) >= 11 is 0. The lowest BCUT2D eigenvalue weighted by atomic mass is 10.0. The average molecular weight is 968 g/mol. The Morgan fingerprint density at radius 2 is 0.614 bits per heavy atom. The number of aliphatic hydroxyl groups excluding tert-OH is 1. The highest BCUT2D eigenvalue weighted by atomic mass is 16.6. The van der Waals surface area contributed by atoms with Crippen LogP contribution in [0.5, 0.6) is 0 Å². The van der Waals surface area contributed by atoms with Crippen LogP contribution in [0.4, 0.5) is 0 Å². The van der Waals surface area contributed by atoms with E-state index in [1.165, 1.54) is 109 Å². The second-order valence-corrected chi connectivity index (χ2v) is 18.6. The largest absolute Gasteiger partial charge is 0.462 e. The maximum Gasteiger partial charge on any atom is 0.306 e. The lowest BCUT2D eigenvalue weighted by Crippen LogP contribution is -2.28. The molecule has 0 amide bonds. The van der Waals surface area contributed by atoms with Crippen LogP contribution in [0.2, 0.25) is 0 Å². The van der Waals surface area contributed by atoms with E-state index in [-0.39, 0.29) is 25.2 Å². The van der Waals surface area contributed by atoms with Crippen molar-refractivity contribution in [3.8, 4) is 0 Å². The smallest absolute Gasteiger partial charge is 0.306 e. The molecule has 0 aliphatic heterocycles. The van der Waals surface area contributed by atoms with E-state index in [1.54, 1.807) is 0 Å². The highest BCUT2D eigenvalue weighted by Gasteiger charge is 2.16. The molecule has 5 heteroatoms. The van der Waals surface area contributed by atoms with Gasteiger partial charge in [0.15, 0.2) is 6.10 Å². The van der Waals surface area contributed by atoms with E-state index in [0.29, 0.717) is 12.8 Å². The summed E-state index contributed by atoms with van der Waals surface area (Å²) in [6.45, 7) is 3.99. The maximum atomic E-state index is 12.3. The minimum atomic E-state index is -0.785. The van der Waals surface area contributed by atoms with Gasteiger partial charge in [-0.25, -0.2) is 0 Å². The van der Waals surface area contributed by atoms with Crippen molar-refractivity contribution in [3.05, 3.63) is 134 Å². The standard InChI is InChI=1S/C65H106O5/c1-3-5-7-9-11-13-15-17-19-21-22-23-24-25-26-27-28-29-30-31-32-33-34-35-36-37-38-39-40-41-42-44-46-48-50-52-54-56-58-60-65(68)70-63(61-66)62-69-64(67)59-57-55-53-51-49-47-45-43-20-18-16-14-12-10-8-6-4-2/h5,7,11-14,17-20,22-23,25-26,28-29,31-32,34-35,37-38,63,66H,3-4,6,8-10,15-16,21,24,27,30,33,36,39-62H2,1-2H3/b7-5-,13-11-,14-12-,19-17-,20-18-,23-22-,26-25-,29-28-,32-31-,35-34-,38-37-. The fourth-order valence-electron chi connectivity index (χ4n) is 7.64. The molecular formula is C65H106O5. The van der Waals surface area contributed by atoms with Gasteiger partial charge in [0, 0.05) is 12.8 Å². The van der Waals surface area contributed by atoms with Crippen molar-refractivity contribution in [2.24, 2.45) is 0 Å². The Balaban J connectivity index is 3.57. The van der Waals surface area contributed by atoms with Gasteiger partial charge in [0.25, 0.3) is 0 Å². The molecule has 70 heavy (non-hydrogen) atoms. The molecule has 1 N–H and O–H groups in total. The number of rotatable bonds is 51. The Morgan fingerprint density at radius 1 is 0.343 bits per heavy atom. The molecule has 0 aromatic carbocycles. The summed E-state index contributed by atoms with van der Waals surface area (Å²) in [6, 6.07) is 0. The highest BCUT2D eigenvalue weighted by molar-refractivity contribution is 5.70. The average Bonchev–Trinajstić information content (AvgIpc) is 3.36. The zero-order valence-electron chi connectivity index (χ0n) is 45.2. The Morgan fingerprint density at radius 3 is 0.929 bits per heavy atom. The summed E-state index contributed by atoms with van der Waals surface area (Å²) in [7, 11) is 0. The molecular weight excluding hydrogens is 861 g/mol. The van der Waals surface area contributed by atoms with Gasteiger partial charge in [-0.15, -0.1) is 0 Å². The SMILES string of the molecule is CC/C=C\C/C=C\C/C=C\C/C=C\C/C=C\C/C=C\C/C=C\C/C=C\C/C=C\CCCCCCCCCCCCCC(=O)OC(CO)COC(=O)CCCCCCCCC/C=C\C/C=C\CCCCC. The van der Waals surface area contributed by atoms with Crippen LogP contribution in [0.25, 0.3) is 0 Å². The van der Waals surface area contributed by atoms with E-state index >= 15 is 0 Å². The predicted octanol–water partition coefficient (Wildman–Crippen LogP) is 19.6. The molecule has 0 spiro atoms. The molecule has 0 aliphatic rings. The Kier molecular flexibility index (Phi) is 56.0. The molecule has 0 saturated heterocycles. The van der Waals surface area contributed by atoms with Crippen LogP contribution in [-0.4, -0.2) is 36.4 Å². The summed E-state index contributed by atoms with van der Waals surface area (Å²) in [5.41, 5.74) is 0. The van der Waals surface area contributed by atoms with Crippen molar-refractivity contribution in [2.45, 2.75) is 251 Å². The minimum Gasteiger partial charge on any atom is -0.462 e. The first-order chi connectivity index (χ1) is 34.6. The number of ether oxygens (including phenoxy) is 2. The second kappa shape index (κ2) is 59.3. The fraction of sp³-hybridized carbons (Fsp3) is 0.631. The molecule has 0 saturated carbocycles.